The summed E-state index contributed by atoms with van der Waals surface area (Å²) in [4.78, 5) is 23.1. The van der Waals surface area contributed by atoms with Crippen molar-refractivity contribution in [2.24, 2.45) is 5.92 Å². The molecule has 1 atom stereocenters. The van der Waals surface area contributed by atoms with Crippen molar-refractivity contribution in [1.82, 2.24) is 5.32 Å². The molecule has 1 aliphatic carbocycles. The third-order valence-electron chi connectivity index (χ3n) is 4.22. The van der Waals surface area contributed by atoms with E-state index in [1.807, 2.05) is 25.1 Å². The van der Waals surface area contributed by atoms with Gasteiger partial charge in [0.05, 0.1) is 0 Å². The molecule has 0 aromatic heterocycles. The van der Waals surface area contributed by atoms with Gasteiger partial charge in [0.1, 0.15) is 6.04 Å². The molecule has 1 amide bonds. The van der Waals surface area contributed by atoms with Gasteiger partial charge in [0.25, 0.3) is 0 Å². The Labute approximate surface area is 131 Å². The van der Waals surface area contributed by atoms with E-state index in [0.29, 0.717) is 24.7 Å². The standard InChI is InChI=1S/C18H23NO3/c1-2-3-9-16(18(21)22)19-17(20)12-13-10-15(11-13)14-7-5-4-6-8-14/h2-8,13,15-16H,9-12H2,1H3,(H,19,20)(H,21,22)/b3-2+. The van der Waals surface area contributed by atoms with E-state index in [4.69, 9.17) is 5.11 Å². The number of hydrogen-bond donors (Lipinski definition) is 2. The summed E-state index contributed by atoms with van der Waals surface area (Å²) in [6, 6.07) is 9.50. The molecule has 1 unspecified atom stereocenters. The van der Waals surface area contributed by atoms with Crippen molar-refractivity contribution in [2.75, 3.05) is 0 Å². The van der Waals surface area contributed by atoms with Crippen molar-refractivity contribution in [3.05, 3.63) is 48.0 Å². The van der Waals surface area contributed by atoms with E-state index in [2.05, 4.69) is 17.4 Å². The molecule has 1 fully saturated rings. The number of allylic oxidation sites excluding steroid dienone is 1. The number of rotatable bonds is 7. The first kappa shape index (κ1) is 16.3. The van der Waals surface area contributed by atoms with Crippen LogP contribution in [0.1, 0.15) is 44.1 Å². The van der Waals surface area contributed by atoms with Gasteiger partial charge >= 0.3 is 5.97 Å². The minimum atomic E-state index is -0.984. The molecule has 118 valence electrons. The summed E-state index contributed by atoms with van der Waals surface area (Å²) in [5.41, 5.74) is 1.33. The summed E-state index contributed by atoms with van der Waals surface area (Å²) in [5, 5.41) is 11.7. The SMILES string of the molecule is C/C=C/CC(NC(=O)CC1CC(c2ccccc2)C1)C(=O)O. The first-order chi connectivity index (χ1) is 10.6. The molecule has 0 heterocycles. The third kappa shape index (κ3) is 4.45. The fraction of sp³-hybridized carbons (Fsp3) is 0.444. The number of carboxylic acids is 1. The molecule has 22 heavy (non-hydrogen) atoms. The molecule has 0 bridgehead atoms. The molecule has 2 rings (SSSR count). The molecule has 1 saturated carbocycles. The molecule has 1 aromatic carbocycles. The molecular weight excluding hydrogens is 278 g/mol. The largest absolute Gasteiger partial charge is 0.480 e. The van der Waals surface area contributed by atoms with Crippen LogP contribution in [-0.4, -0.2) is 23.0 Å². The first-order valence-electron chi connectivity index (χ1n) is 7.78. The van der Waals surface area contributed by atoms with E-state index in [1.165, 1.54) is 5.56 Å². The summed E-state index contributed by atoms with van der Waals surface area (Å²) in [6.07, 6.45) is 6.30. The Balaban J connectivity index is 1.75. The van der Waals surface area contributed by atoms with Gasteiger partial charge in [-0.15, -0.1) is 0 Å². The highest BCUT2D eigenvalue weighted by Crippen LogP contribution is 2.43. The van der Waals surface area contributed by atoms with Crippen LogP contribution in [0.5, 0.6) is 0 Å². The number of aliphatic carboxylic acids is 1. The van der Waals surface area contributed by atoms with Crippen LogP contribution in [0.25, 0.3) is 0 Å². The van der Waals surface area contributed by atoms with Crippen molar-refractivity contribution in [1.29, 1.82) is 0 Å². The van der Waals surface area contributed by atoms with E-state index in [0.717, 1.165) is 12.8 Å². The summed E-state index contributed by atoms with van der Waals surface area (Å²) in [5.74, 6) is -0.241. The second kappa shape index (κ2) is 7.78. The van der Waals surface area contributed by atoms with E-state index in [-0.39, 0.29) is 5.91 Å². The summed E-state index contributed by atoms with van der Waals surface area (Å²) >= 11 is 0. The molecule has 0 radical (unpaired) electrons. The summed E-state index contributed by atoms with van der Waals surface area (Å²) in [6.45, 7) is 1.83. The Bertz CT molecular complexity index is 533. The smallest absolute Gasteiger partial charge is 0.326 e. The minimum Gasteiger partial charge on any atom is -0.480 e. The van der Waals surface area contributed by atoms with Crippen molar-refractivity contribution in [3.8, 4) is 0 Å². The number of benzene rings is 1. The van der Waals surface area contributed by atoms with Crippen LogP contribution in [0.3, 0.4) is 0 Å². The maximum absolute atomic E-state index is 12.0. The normalized spacial score (nSPS) is 22.0. The van der Waals surface area contributed by atoms with Crippen LogP contribution >= 0.6 is 0 Å². The maximum atomic E-state index is 12.0. The third-order valence-corrected chi connectivity index (χ3v) is 4.22. The van der Waals surface area contributed by atoms with Gasteiger partial charge in [-0.05, 0) is 43.6 Å². The molecule has 4 nitrogen and oxygen atoms in total. The maximum Gasteiger partial charge on any atom is 0.326 e. The van der Waals surface area contributed by atoms with Crippen molar-refractivity contribution in [2.45, 2.75) is 44.6 Å². The second-order valence-electron chi connectivity index (χ2n) is 5.91. The first-order valence-corrected chi connectivity index (χ1v) is 7.78. The number of carboxylic acid groups (broad SMARTS) is 1. The molecule has 4 heteroatoms. The number of hydrogen-bond acceptors (Lipinski definition) is 2. The van der Waals surface area contributed by atoms with E-state index >= 15 is 0 Å². The average Bonchev–Trinajstić information content (AvgIpc) is 2.47. The van der Waals surface area contributed by atoms with E-state index in [9.17, 15) is 9.59 Å². The zero-order valence-electron chi connectivity index (χ0n) is 12.9. The molecule has 0 aliphatic heterocycles. The zero-order valence-corrected chi connectivity index (χ0v) is 12.9. The Kier molecular flexibility index (Phi) is 5.75. The Morgan fingerprint density at radius 3 is 2.59 bits per heavy atom. The van der Waals surface area contributed by atoms with Gasteiger partial charge in [0.15, 0.2) is 0 Å². The molecule has 0 spiro atoms. The number of nitrogens with one attached hydrogen (secondary N) is 1. The lowest BCUT2D eigenvalue weighted by Crippen LogP contribution is -2.41. The van der Waals surface area contributed by atoms with Crippen LogP contribution in [0.2, 0.25) is 0 Å². The minimum absolute atomic E-state index is 0.159. The van der Waals surface area contributed by atoms with Gasteiger partial charge in [0, 0.05) is 6.42 Å². The van der Waals surface area contributed by atoms with Gasteiger partial charge in [-0.1, -0.05) is 42.5 Å². The number of carbonyl (C=O) groups is 2. The quantitative estimate of drug-likeness (QED) is 0.760. The van der Waals surface area contributed by atoms with E-state index in [1.54, 1.807) is 12.2 Å². The molecule has 1 aromatic rings. The van der Waals surface area contributed by atoms with Crippen molar-refractivity contribution < 1.29 is 14.7 Å². The van der Waals surface area contributed by atoms with Gasteiger partial charge in [-0.2, -0.15) is 0 Å². The van der Waals surface area contributed by atoms with Gasteiger partial charge in [0.2, 0.25) is 5.91 Å². The second-order valence-corrected chi connectivity index (χ2v) is 5.91. The lowest BCUT2D eigenvalue weighted by molar-refractivity contribution is -0.142. The van der Waals surface area contributed by atoms with Crippen LogP contribution in [-0.2, 0) is 9.59 Å². The molecule has 2 N–H and O–H groups in total. The van der Waals surface area contributed by atoms with Crippen LogP contribution < -0.4 is 5.32 Å². The predicted octanol–water partition coefficient (Wildman–Crippen LogP) is 3.11. The summed E-state index contributed by atoms with van der Waals surface area (Å²) in [7, 11) is 0. The van der Waals surface area contributed by atoms with Gasteiger partial charge < -0.3 is 10.4 Å². The number of carbonyl (C=O) groups excluding carboxylic acids is 1. The van der Waals surface area contributed by atoms with E-state index < -0.39 is 12.0 Å². The van der Waals surface area contributed by atoms with Crippen molar-refractivity contribution >= 4 is 11.9 Å². The Morgan fingerprint density at radius 1 is 1.32 bits per heavy atom. The number of amides is 1. The average molecular weight is 301 g/mol. The Morgan fingerprint density at radius 2 is 2.00 bits per heavy atom. The predicted molar refractivity (Wildman–Crippen MR) is 85.5 cm³/mol. The highest BCUT2D eigenvalue weighted by atomic mass is 16.4. The van der Waals surface area contributed by atoms with Crippen molar-refractivity contribution in [3.63, 3.8) is 0 Å². The molecule has 1 aliphatic rings. The summed E-state index contributed by atoms with van der Waals surface area (Å²) < 4.78 is 0. The highest BCUT2D eigenvalue weighted by Gasteiger charge is 2.32. The molecule has 0 saturated heterocycles. The fourth-order valence-electron chi connectivity index (χ4n) is 2.91. The van der Waals surface area contributed by atoms with Crippen LogP contribution in [0.4, 0.5) is 0 Å². The zero-order chi connectivity index (χ0) is 15.9. The molecular formula is C18H23NO3. The van der Waals surface area contributed by atoms with Gasteiger partial charge in [-0.25, -0.2) is 4.79 Å². The van der Waals surface area contributed by atoms with Gasteiger partial charge in [-0.3, -0.25) is 4.79 Å². The monoisotopic (exact) mass is 301 g/mol. The van der Waals surface area contributed by atoms with Crippen LogP contribution in [0, 0.1) is 5.92 Å². The fourth-order valence-corrected chi connectivity index (χ4v) is 2.91. The van der Waals surface area contributed by atoms with Crippen LogP contribution in [0.15, 0.2) is 42.5 Å². The lowest BCUT2D eigenvalue weighted by atomic mass is 9.70. The topological polar surface area (TPSA) is 66.4 Å². The Hall–Kier alpha value is -2.10. The highest BCUT2D eigenvalue weighted by molar-refractivity contribution is 5.83. The lowest BCUT2D eigenvalue weighted by Gasteiger charge is -2.35.